The third-order valence-corrected chi connectivity index (χ3v) is 6.84. The van der Waals surface area contributed by atoms with Crippen molar-refractivity contribution in [3.63, 3.8) is 0 Å². The Morgan fingerprint density at radius 2 is 1.96 bits per heavy atom. The summed E-state index contributed by atoms with van der Waals surface area (Å²) in [5.41, 5.74) is 2.70. The fourth-order valence-electron chi connectivity index (χ4n) is 3.32. The number of thiophene rings is 1. The summed E-state index contributed by atoms with van der Waals surface area (Å²) >= 11 is 4.96. The van der Waals surface area contributed by atoms with Gasteiger partial charge in [0.1, 0.15) is 5.76 Å². The Bertz CT molecular complexity index is 931. The van der Waals surface area contributed by atoms with Crippen molar-refractivity contribution in [3.05, 3.63) is 61.3 Å². The number of nitrogens with zero attached hydrogens (tertiary/aromatic N) is 1. The topological polar surface area (TPSA) is 57.6 Å². The van der Waals surface area contributed by atoms with Gasteiger partial charge in [0.2, 0.25) is 0 Å². The number of likely N-dealkylation sites (tertiary alicyclic amines) is 1. The summed E-state index contributed by atoms with van der Waals surface area (Å²) in [4.78, 5) is 28.1. The molecule has 1 N–H and O–H groups in total. The minimum Gasteiger partial charge on any atom is -0.507 e. The van der Waals surface area contributed by atoms with Crippen LogP contribution in [0.1, 0.15) is 47.4 Å². The largest absolute Gasteiger partial charge is 0.507 e. The summed E-state index contributed by atoms with van der Waals surface area (Å²) in [6.45, 7) is 6.43. The number of ketones is 1. The number of halogens is 1. The van der Waals surface area contributed by atoms with Gasteiger partial charge in [-0.2, -0.15) is 0 Å². The van der Waals surface area contributed by atoms with Crippen LogP contribution in [0.4, 0.5) is 0 Å². The fourth-order valence-corrected chi connectivity index (χ4v) is 4.62. The number of unbranched alkanes of at least 4 members (excludes halogenated alkanes) is 1. The van der Waals surface area contributed by atoms with E-state index in [9.17, 15) is 14.7 Å². The summed E-state index contributed by atoms with van der Waals surface area (Å²) in [7, 11) is 0. The van der Waals surface area contributed by atoms with Gasteiger partial charge < -0.3 is 10.0 Å². The van der Waals surface area contributed by atoms with E-state index in [1.54, 1.807) is 11.0 Å². The van der Waals surface area contributed by atoms with Gasteiger partial charge >= 0.3 is 0 Å². The van der Waals surface area contributed by atoms with Gasteiger partial charge in [-0.15, -0.1) is 11.3 Å². The molecule has 2 aromatic rings. The number of carbonyl (C=O) groups excluding carboxylic acids is 2. The molecule has 1 aromatic heterocycles. The van der Waals surface area contributed by atoms with Crippen molar-refractivity contribution in [1.82, 2.24) is 4.90 Å². The molecule has 0 radical (unpaired) electrons. The molecule has 1 saturated heterocycles. The molecular formula is C21H22BrNO3S. The predicted molar refractivity (Wildman–Crippen MR) is 112 cm³/mol. The van der Waals surface area contributed by atoms with Crippen LogP contribution in [-0.4, -0.2) is 28.2 Å². The Kier molecular flexibility index (Phi) is 5.86. The maximum absolute atomic E-state index is 12.8. The zero-order chi connectivity index (χ0) is 19.7. The van der Waals surface area contributed by atoms with Crippen LogP contribution in [0.15, 0.2) is 39.7 Å². The molecule has 27 heavy (non-hydrogen) atoms. The third-order valence-electron chi connectivity index (χ3n) is 4.87. The molecule has 2 heterocycles. The van der Waals surface area contributed by atoms with Crippen molar-refractivity contribution < 1.29 is 14.7 Å². The van der Waals surface area contributed by atoms with Crippen LogP contribution in [0.3, 0.4) is 0 Å². The van der Waals surface area contributed by atoms with Gasteiger partial charge in [-0.05, 0) is 55.0 Å². The Labute approximate surface area is 171 Å². The van der Waals surface area contributed by atoms with E-state index in [1.165, 1.54) is 11.3 Å². The van der Waals surface area contributed by atoms with Crippen LogP contribution < -0.4 is 0 Å². The second-order valence-corrected chi connectivity index (χ2v) is 8.58. The SMILES string of the molecule is CCCCN1C(=O)C(=O)/C(=C(\O)c2ccc(Br)c(C)c2)C1c1sccc1C. The number of hydrogen-bond donors (Lipinski definition) is 1. The third kappa shape index (κ3) is 3.60. The van der Waals surface area contributed by atoms with Crippen LogP contribution >= 0.6 is 27.3 Å². The molecule has 3 rings (SSSR count). The molecule has 1 amide bonds. The van der Waals surface area contributed by atoms with E-state index in [0.29, 0.717) is 12.1 Å². The van der Waals surface area contributed by atoms with E-state index in [-0.39, 0.29) is 11.3 Å². The molecule has 1 aliphatic rings. The normalized spacial score (nSPS) is 19.1. The molecule has 0 saturated carbocycles. The monoisotopic (exact) mass is 447 g/mol. The minimum atomic E-state index is -0.609. The number of aryl methyl sites for hydroxylation is 2. The molecule has 1 aliphatic heterocycles. The van der Waals surface area contributed by atoms with E-state index >= 15 is 0 Å². The summed E-state index contributed by atoms with van der Waals surface area (Å²) in [5.74, 6) is -1.25. The van der Waals surface area contributed by atoms with Crippen molar-refractivity contribution in [1.29, 1.82) is 0 Å². The van der Waals surface area contributed by atoms with Gasteiger partial charge in [-0.25, -0.2) is 0 Å². The fraction of sp³-hybridized carbons (Fsp3) is 0.333. The molecule has 1 atom stereocenters. The summed E-state index contributed by atoms with van der Waals surface area (Å²) in [5, 5.41) is 12.9. The Hall–Kier alpha value is -1.92. The molecule has 1 unspecified atom stereocenters. The lowest BCUT2D eigenvalue weighted by molar-refractivity contribution is -0.139. The van der Waals surface area contributed by atoms with E-state index in [1.807, 2.05) is 44.4 Å². The van der Waals surface area contributed by atoms with Crippen LogP contribution in [0, 0.1) is 13.8 Å². The number of hydrogen-bond acceptors (Lipinski definition) is 4. The average molecular weight is 448 g/mol. The molecule has 0 spiro atoms. The summed E-state index contributed by atoms with van der Waals surface area (Å²) in [6.07, 6.45) is 1.73. The van der Waals surface area contributed by atoms with Crippen LogP contribution in [0.2, 0.25) is 0 Å². The molecule has 0 aliphatic carbocycles. The van der Waals surface area contributed by atoms with E-state index in [0.717, 1.165) is 33.3 Å². The van der Waals surface area contributed by atoms with Gasteiger partial charge in [-0.1, -0.05) is 35.3 Å². The van der Waals surface area contributed by atoms with E-state index < -0.39 is 17.7 Å². The lowest BCUT2D eigenvalue weighted by atomic mass is 9.97. The molecule has 0 bridgehead atoms. The first kappa shape index (κ1) is 19.8. The lowest BCUT2D eigenvalue weighted by Gasteiger charge is -2.24. The maximum atomic E-state index is 12.8. The molecule has 6 heteroatoms. The number of aliphatic hydroxyl groups excluding tert-OH is 1. The van der Waals surface area contributed by atoms with E-state index in [2.05, 4.69) is 15.9 Å². The number of amides is 1. The Morgan fingerprint density at radius 3 is 2.56 bits per heavy atom. The second-order valence-electron chi connectivity index (χ2n) is 6.78. The highest BCUT2D eigenvalue weighted by molar-refractivity contribution is 9.10. The second kappa shape index (κ2) is 7.98. The van der Waals surface area contributed by atoms with Crippen molar-refractivity contribution in [3.8, 4) is 0 Å². The van der Waals surface area contributed by atoms with Crippen LogP contribution in [0.25, 0.3) is 5.76 Å². The predicted octanol–water partition coefficient (Wildman–Crippen LogP) is 5.35. The molecule has 1 fully saturated rings. The quantitative estimate of drug-likeness (QED) is 0.381. The van der Waals surface area contributed by atoms with Crippen LogP contribution in [-0.2, 0) is 9.59 Å². The lowest BCUT2D eigenvalue weighted by Crippen LogP contribution is -2.30. The van der Waals surface area contributed by atoms with Crippen molar-refractivity contribution in [2.45, 2.75) is 39.7 Å². The number of benzene rings is 1. The van der Waals surface area contributed by atoms with Crippen LogP contribution in [0.5, 0.6) is 0 Å². The summed E-state index contributed by atoms with van der Waals surface area (Å²) in [6, 6.07) is 6.86. The smallest absolute Gasteiger partial charge is 0.295 e. The first-order chi connectivity index (χ1) is 12.9. The molecule has 142 valence electrons. The maximum Gasteiger partial charge on any atom is 0.295 e. The zero-order valence-electron chi connectivity index (χ0n) is 15.6. The van der Waals surface area contributed by atoms with Gasteiger partial charge in [0.15, 0.2) is 0 Å². The number of Topliss-reactive ketones (excluding diaryl/α,β-unsaturated/α-hetero) is 1. The Morgan fingerprint density at radius 1 is 1.22 bits per heavy atom. The first-order valence-electron chi connectivity index (χ1n) is 8.95. The number of aliphatic hydroxyl groups is 1. The van der Waals surface area contributed by atoms with Gasteiger partial charge in [0, 0.05) is 21.5 Å². The molecule has 1 aromatic carbocycles. The highest BCUT2D eigenvalue weighted by atomic mass is 79.9. The molecular weight excluding hydrogens is 426 g/mol. The van der Waals surface area contributed by atoms with Crippen molar-refractivity contribution >= 4 is 44.7 Å². The minimum absolute atomic E-state index is 0.110. The van der Waals surface area contributed by atoms with Gasteiger partial charge in [0.25, 0.3) is 11.7 Å². The number of carbonyl (C=O) groups is 2. The highest BCUT2D eigenvalue weighted by Crippen LogP contribution is 2.42. The van der Waals surface area contributed by atoms with Crippen molar-refractivity contribution in [2.24, 2.45) is 0 Å². The average Bonchev–Trinajstić information content (AvgIpc) is 3.16. The first-order valence-corrected chi connectivity index (χ1v) is 10.6. The summed E-state index contributed by atoms with van der Waals surface area (Å²) < 4.78 is 0.924. The van der Waals surface area contributed by atoms with Gasteiger partial charge in [-0.3, -0.25) is 9.59 Å². The standard InChI is InChI=1S/C21H22BrNO3S/c1-4-5-9-23-17(20-12(2)8-10-27-20)16(19(25)21(23)26)18(24)14-6-7-15(22)13(3)11-14/h6-8,10-11,17,24H,4-5,9H2,1-3H3/b18-16-. The number of rotatable bonds is 5. The van der Waals surface area contributed by atoms with Gasteiger partial charge in [0.05, 0.1) is 11.6 Å². The molecule has 4 nitrogen and oxygen atoms in total. The van der Waals surface area contributed by atoms with E-state index in [4.69, 9.17) is 0 Å². The highest BCUT2D eigenvalue weighted by Gasteiger charge is 2.46. The van der Waals surface area contributed by atoms with Crippen molar-refractivity contribution in [2.75, 3.05) is 6.54 Å². The zero-order valence-corrected chi connectivity index (χ0v) is 18.0. The Balaban J connectivity index is 2.18.